The van der Waals surface area contributed by atoms with E-state index in [0.717, 1.165) is 0 Å². The molecule has 3 heterocycles. The maximum atomic E-state index is 13.5. The topological polar surface area (TPSA) is 184 Å². The van der Waals surface area contributed by atoms with Gasteiger partial charge >= 0.3 is 6.09 Å². The third kappa shape index (κ3) is 9.34. The lowest BCUT2D eigenvalue weighted by atomic mass is 10.1. The molecule has 2 aromatic carbocycles. The van der Waals surface area contributed by atoms with E-state index in [-0.39, 0.29) is 62.5 Å². The molecule has 14 nitrogen and oxygen atoms in total. The molecule has 1 aromatic heterocycles. The number of carbonyl (C=O) groups excluding carboxylic acids is 2. The number of para-hydroxylation sites is 1. The van der Waals surface area contributed by atoms with E-state index in [9.17, 15) is 18.0 Å². The fourth-order valence-corrected chi connectivity index (χ4v) is 5.20. The number of benzene rings is 2. The number of ether oxygens (including phenoxy) is 4. The number of fused-ring (bicyclic) bond motifs is 13. The minimum absolute atomic E-state index is 0.0582. The number of carbonyl (C=O) groups is 2. The van der Waals surface area contributed by atoms with E-state index in [1.165, 1.54) is 23.2 Å². The van der Waals surface area contributed by atoms with Crippen molar-refractivity contribution in [2.75, 3.05) is 57.7 Å². The Balaban J connectivity index is 1.66. The van der Waals surface area contributed by atoms with Gasteiger partial charge in [-0.1, -0.05) is 24.3 Å². The van der Waals surface area contributed by atoms with E-state index < -0.39 is 27.6 Å². The number of nitrogen functional groups attached to an aromatic ring is 1. The molecule has 0 fully saturated rings. The molecule has 4 N–H and O–H groups in total. The van der Waals surface area contributed by atoms with E-state index in [1.807, 2.05) is 0 Å². The summed E-state index contributed by atoms with van der Waals surface area (Å²) in [5.41, 5.74) is 6.99. The van der Waals surface area contributed by atoms with Crippen molar-refractivity contribution in [1.29, 1.82) is 0 Å². The number of hydrogen-bond acceptors (Lipinski definition) is 11. The van der Waals surface area contributed by atoms with Crippen LogP contribution < -0.4 is 20.5 Å². The van der Waals surface area contributed by atoms with Crippen molar-refractivity contribution in [2.45, 2.75) is 37.8 Å². The lowest BCUT2D eigenvalue weighted by Gasteiger charge is -2.25. The highest BCUT2D eigenvalue weighted by Gasteiger charge is 2.23. The summed E-state index contributed by atoms with van der Waals surface area (Å²) in [5.74, 6) is -0.426. The van der Waals surface area contributed by atoms with Crippen LogP contribution in [0.3, 0.4) is 0 Å². The minimum atomic E-state index is -3.77. The number of nitrogens with zero attached hydrogens (tertiary/aromatic N) is 3. The van der Waals surface area contributed by atoms with Gasteiger partial charge in [-0.25, -0.2) is 27.9 Å². The van der Waals surface area contributed by atoms with Gasteiger partial charge in [0.25, 0.3) is 5.91 Å². The van der Waals surface area contributed by atoms with E-state index in [1.54, 1.807) is 58.2 Å². The van der Waals surface area contributed by atoms with Crippen LogP contribution in [0.25, 0.3) is 11.3 Å². The van der Waals surface area contributed by atoms with Gasteiger partial charge in [-0.15, -0.1) is 0 Å². The molecule has 0 aliphatic carbocycles. The Labute approximate surface area is 262 Å². The predicted molar refractivity (Wildman–Crippen MR) is 166 cm³/mol. The smallest absolute Gasteiger partial charge is 0.410 e. The molecule has 2 aliphatic rings. The van der Waals surface area contributed by atoms with Gasteiger partial charge in [0.15, 0.2) is 11.5 Å². The van der Waals surface area contributed by atoms with E-state index in [0.29, 0.717) is 28.3 Å². The van der Waals surface area contributed by atoms with Gasteiger partial charge in [0.1, 0.15) is 18.0 Å². The summed E-state index contributed by atoms with van der Waals surface area (Å²) in [5, 5.41) is 2.80. The van der Waals surface area contributed by atoms with Crippen LogP contribution in [0.1, 0.15) is 36.8 Å². The second kappa shape index (κ2) is 14.6. The van der Waals surface area contributed by atoms with Gasteiger partial charge in [0.2, 0.25) is 10.0 Å². The van der Waals surface area contributed by atoms with E-state index >= 15 is 0 Å². The van der Waals surface area contributed by atoms with E-state index in [2.05, 4.69) is 20.0 Å². The summed E-state index contributed by atoms with van der Waals surface area (Å²) in [4.78, 5) is 36.2. The van der Waals surface area contributed by atoms with Crippen LogP contribution in [0, 0.1) is 0 Å². The quantitative estimate of drug-likeness (QED) is 0.349. The first-order chi connectivity index (χ1) is 21.3. The zero-order chi connectivity index (χ0) is 32.6. The lowest BCUT2D eigenvalue weighted by molar-refractivity contribution is 0.0281. The highest BCUT2D eigenvalue weighted by Crippen LogP contribution is 2.31. The van der Waals surface area contributed by atoms with Crippen molar-refractivity contribution in [1.82, 2.24) is 19.6 Å². The van der Waals surface area contributed by atoms with Crippen LogP contribution in [0.15, 0.2) is 53.6 Å². The number of nitrogens with two attached hydrogens (primary N) is 1. The Morgan fingerprint density at radius 2 is 1.73 bits per heavy atom. The first kappa shape index (κ1) is 33.6. The number of sulfonamides is 1. The molecule has 0 atom stereocenters. The zero-order valence-electron chi connectivity index (χ0n) is 25.7. The molecule has 242 valence electrons. The van der Waals surface area contributed by atoms with Gasteiger partial charge in [-0.2, -0.15) is 0 Å². The molecule has 0 spiro atoms. The number of anilines is 2. The Morgan fingerprint density at radius 3 is 2.44 bits per heavy atom. The maximum absolute atomic E-state index is 13.5. The number of hydrogen-bond donors (Lipinski definition) is 3. The van der Waals surface area contributed by atoms with Crippen molar-refractivity contribution < 1.29 is 37.0 Å². The molecule has 0 radical (unpaired) electrons. The van der Waals surface area contributed by atoms with Crippen molar-refractivity contribution in [3.63, 3.8) is 0 Å². The van der Waals surface area contributed by atoms with Crippen LogP contribution in [0.5, 0.6) is 5.75 Å². The predicted octanol–water partition coefficient (Wildman–Crippen LogP) is 3.05. The highest BCUT2D eigenvalue weighted by molar-refractivity contribution is 7.89. The van der Waals surface area contributed by atoms with Crippen molar-refractivity contribution in [3.8, 4) is 17.0 Å². The van der Waals surface area contributed by atoms with Crippen LogP contribution in [0.2, 0.25) is 0 Å². The summed E-state index contributed by atoms with van der Waals surface area (Å²) < 4.78 is 50.5. The van der Waals surface area contributed by atoms with Crippen LogP contribution >= 0.6 is 0 Å². The number of nitrogens with one attached hydrogen (secondary N) is 2. The number of aromatic nitrogens is 2. The van der Waals surface area contributed by atoms with Crippen molar-refractivity contribution in [3.05, 3.63) is 59.9 Å². The Kier molecular flexibility index (Phi) is 10.9. The van der Waals surface area contributed by atoms with Gasteiger partial charge in [-0.05, 0) is 39.0 Å². The lowest BCUT2D eigenvalue weighted by Crippen LogP contribution is -2.34. The second-order valence-corrected chi connectivity index (χ2v) is 12.8. The molecule has 2 aliphatic heterocycles. The molecule has 0 saturated carbocycles. The number of rotatable bonds is 2. The zero-order valence-corrected chi connectivity index (χ0v) is 26.5. The van der Waals surface area contributed by atoms with Crippen LogP contribution in [-0.4, -0.2) is 87.5 Å². The highest BCUT2D eigenvalue weighted by atomic mass is 32.2. The molecule has 0 saturated heterocycles. The Morgan fingerprint density at radius 1 is 1.04 bits per heavy atom. The summed E-state index contributed by atoms with van der Waals surface area (Å²) in [6.07, 6.45) is 0.873. The average molecular weight is 643 g/mol. The fourth-order valence-electron chi connectivity index (χ4n) is 4.19. The third-order valence-corrected chi connectivity index (χ3v) is 7.80. The van der Waals surface area contributed by atoms with Crippen LogP contribution in [0.4, 0.5) is 16.3 Å². The summed E-state index contributed by atoms with van der Waals surface area (Å²) >= 11 is 0. The molecular weight excluding hydrogens is 604 g/mol. The van der Waals surface area contributed by atoms with Gasteiger partial charge in [0.05, 0.1) is 55.4 Å². The maximum Gasteiger partial charge on any atom is 0.410 e. The fraction of sp³-hybridized carbons (Fsp3) is 0.400. The summed E-state index contributed by atoms with van der Waals surface area (Å²) in [6.45, 7) is 6.50. The second-order valence-electron chi connectivity index (χ2n) is 11.1. The molecule has 0 unspecified atom stereocenters. The Hall–Kier alpha value is -4.31. The molecule has 45 heavy (non-hydrogen) atoms. The van der Waals surface area contributed by atoms with E-state index in [4.69, 9.17) is 24.7 Å². The molecule has 4 bridgehead atoms. The molecular formula is C30H38N6O8S. The summed E-state index contributed by atoms with van der Waals surface area (Å²) in [6, 6.07) is 11.1. The SMILES string of the molecule is CN(Cc1cccc2c1OCCOCCOCCNS(=O)(=O)c1ccc(cc1)-c1cnc(N)c(n1)C(=O)N2)C(=O)OC(C)(C)C. The van der Waals surface area contributed by atoms with Gasteiger partial charge in [-0.3, -0.25) is 4.79 Å². The monoisotopic (exact) mass is 642 g/mol. The van der Waals surface area contributed by atoms with Crippen LogP contribution in [-0.2, 0) is 30.8 Å². The normalized spacial score (nSPS) is 16.2. The van der Waals surface area contributed by atoms with Gasteiger partial charge < -0.3 is 34.9 Å². The average Bonchev–Trinajstić information content (AvgIpc) is 2.98. The first-order valence-corrected chi connectivity index (χ1v) is 15.7. The Bertz CT molecular complexity index is 1610. The van der Waals surface area contributed by atoms with Crippen molar-refractivity contribution in [2.24, 2.45) is 0 Å². The molecule has 2 amide bonds. The first-order valence-electron chi connectivity index (χ1n) is 14.2. The minimum Gasteiger partial charge on any atom is -0.489 e. The third-order valence-electron chi connectivity index (χ3n) is 6.32. The van der Waals surface area contributed by atoms with Crippen molar-refractivity contribution >= 4 is 33.5 Å². The molecule has 15 heteroatoms. The standard InChI is InChI=1S/C30H38N6O8S/c1-30(2,3)44-29(38)36(4)19-21-6-5-7-23-26(21)43-17-16-42-15-14-41-13-12-33-45(39,40)22-10-8-20(9-11-22)24-18-32-27(31)25(34-24)28(37)35-23/h5-11,18,33H,12-17,19H2,1-4H3,(H2,31,32)(H,35,37). The number of amides is 2. The summed E-state index contributed by atoms with van der Waals surface area (Å²) in [7, 11) is -2.17. The van der Waals surface area contributed by atoms with Gasteiger partial charge in [0, 0.05) is 24.7 Å². The molecule has 3 aromatic rings. The largest absolute Gasteiger partial charge is 0.489 e. The molecule has 5 rings (SSSR count).